The van der Waals surface area contributed by atoms with Crippen LogP contribution in [0.4, 0.5) is 0 Å². The molecule has 5 heteroatoms. The third-order valence-corrected chi connectivity index (χ3v) is 7.15. The van der Waals surface area contributed by atoms with Crippen molar-refractivity contribution in [3.05, 3.63) is 11.1 Å². The van der Waals surface area contributed by atoms with Gasteiger partial charge in [-0.2, -0.15) is 0 Å². The fourth-order valence-corrected chi connectivity index (χ4v) is 5.31. The van der Waals surface area contributed by atoms with Crippen LogP contribution in [0.3, 0.4) is 0 Å². The van der Waals surface area contributed by atoms with E-state index in [4.69, 9.17) is 5.73 Å². The van der Waals surface area contributed by atoms with Crippen LogP contribution in [0.1, 0.15) is 46.5 Å². The second-order valence-corrected chi connectivity index (χ2v) is 7.71. The molecule has 2 saturated heterocycles. The van der Waals surface area contributed by atoms with Gasteiger partial charge in [0.05, 0.1) is 0 Å². The second-order valence-electron chi connectivity index (χ2n) is 7.71. The highest BCUT2D eigenvalue weighted by atomic mass is 16.4. The van der Waals surface area contributed by atoms with Crippen LogP contribution in [-0.4, -0.2) is 45.9 Å². The molecule has 3 rings (SSSR count). The fourth-order valence-electron chi connectivity index (χ4n) is 5.31. The number of carboxylic acids is 1. The number of likely N-dealkylation sites (N-methyl/N-ethyl adjacent to an activating group) is 1. The summed E-state index contributed by atoms with van der Waals surface area (Å²) in [7, 11) is 1.92. The molecule has 0 radical (unpaired) electrons. The van der Waals surface area contributed by atoms with Crippen LogP contribution < -0.4 is 5.73 Å². The first-order chi connectivity index (χ1) is 9.58. The molecular weight excluding hydrogens is 268 g/mol. The number of rotatable bonds is 1. The van der Waals surface area contributed by atoms with E-state index in [9.17, 15) is 15.0 Å². The minimum atomic E-state index is -1.16. The molecule has 0 aromatic carbocycles. The largest absolute Gasteiger partial charge is 0.478 e. The summed E-state index contributed by atoms with van der Waals surface area (Å²) in [5, 5.41) is 20.6. The smallest absolute Gasteiger partial charge is 0.331 e. The topological polar surface area (TPSA) is 86.8 Å². The monoisotopic (exact) mass is 294 g/mol. The SMILES string of the molecule is C/C(C(=O)O)=C1\C[C@@H]2N(C)[C@@]1(O)C[C@]1(C)[C@@H](N)CC[C@]21C. The first-order valence-electron chi connectivity index (χ1n) is 7.72. The van der Waals surface area contributed by atoms with Gasteiger partial charge >= 0.3 is 5.97 Å². The van der Waals surface area contributed by atoms with E-state index in [-0.39, 0.29) is 28.5 Å². The number of aliphatic hydroxyl groups is 1. The van der Waals surface area contributed by atoms with E-state index in [1.54, 1.807) is 6.92 Å². The number of nitrogens with zero attached hydrogens (tertiary/aromatic N) is 1. The lowest BCUT2D eigenvalue weighted by Gasteiger charge is -2.57. The second kappa shape index (κ2) is 4.09. The van der Waals surface area contributed by atoms with Crippen LogP contribution in [0.5, 0.6) is 0 Å². The number of carboxylic acid groups (broad SMARTS) is 1. The maximum Gasteiger partial charge on any atom is 0.331 e. The highest BCUT2D eigenvalue weighted by Gasteiger charge is 2.69. The molecule has 5 nitrogen and oxygen atoms in total. The predicted octanol–water partition coefficient (Wildman–Crippen LogP) is 1.32. The van der Waals surface area contributed by atoms with Gasteiger partial charge in [-0.1, -0.05) is 13.8 Å². The molecule has 2 aliphatic heterocycles. The van der Waals surface area contributed by atoms with Gasteiger partial charge in [-0.25, -0.2) is 4.79 Å². The molecule has 3 aliphatic rings. The number of fused-ring (bicyclic) bond motifs is 4. The first kappa shape index (κ1) is 15.0. The Bertz CT molecular complexity index is 544. The van der Waals surface area contributed by atoms with E-state index >= 15 is 0 Å². The van der Waals surface area contributed by atoms with Gasteiger partial charge < -0.3 is 15.9 Å². The summed E-state index contributed by atoms with van der Waals surface area (Å²) < 4.78 is 0. The number of hydrogen-bond donors (Lipinski definition) is 3. The average Bonchev–Trinajstić information content (AvgIpc) is 2.75. The zero-order chi connectivity index (χ0) is 15.8. The summed E-state index contributed by atoms with van der Waals surface area (Å²) in [4.78, 5) is 13.4. The molecule has 3 fully saturated rings. The zero-order valence-corrected chi connectivity index (χ0v) is 13.3. The Hall–Kier alpha value is -0.910. The molecule has 0 aromatic heterocycles. The molecule has 118 valence electrons. The Morgan fingerprint density at radius 1 is 1.38 bits per heavy atom. The standard InChI is InChI=1S/C16H26N2O3/c1-9(13(19)20)10-7-12-14(2)6-5-11(17)15(14,3)8-16(10,21)18(12)4/h11-12,21H,5-8,17H2,1-4H3,(H,19,20)/b10-9-/t11-,12-,14+,15+,16+/m0/s1. The summed E-state index contributed by atoms with van der Waals surface area (Å²) in [5.41, 5.74) is 6.05. The Kier molecular flexibility index (Phi) is 2.92. The summed E-state index contributed by atoms with van der Waals surface area (Å²) >= 11 is 0. The van der Waals surface area contributed by atoms with Gasteiger partial charge in [-0.15, -0.1) is 0 Å². The molecule has 1 saturated carbocycles. The van der Waals surface area contributed by atoms with Crippen molar-refractivity contribution in [3.8, 4) is 0 Å². The summed E-state index contributed by atoms with van der Waals surface area (Å²) in [6.07, 6.45) is 3.16. The Morgan fingerprint density at radius 3 is 2.57 bits per heavy atom. The Balaban J connectivity index is 2.17. The number of nitrogens with two attached hydrogens (primary N) is 1. The molecule has 0 spiro atoms. The Morgan fingerprint density at radius 2 is 2.00 bits per heavy atom. The fraction of sp³-hybridized carbons (Fsp3) is 0.812. The normalized spacial score (nSPS) is 51.9. The molecule has 4 N–H and O–H groups in total. The number of hydrogen-bond acceptors (Lipinski definition) is 4. The van der Waals surface area contributed by atoms with Gasteiger partial charge in [0.1, 0.15) is 5.72 Å². The molecule has 0 amide bonds. The van der Waals surface area contributed by atoms with Crippen molar-refractivity contribution in [1.82, 2.24) is 4.90 Å². The highest BCUT2D eigenvalue weighted by Crippen LogP contribution is 2.67. The zero-order valence-electron chi connectivity index (χ0n) is 13.3. The van der Waals surface area contributed by atoms with Crippen molar-refractivity contribution in [2.75, 3.05) is 7.05 Å². The molecular formula is C16H26N2O3. The third kappa shape index (κ3) is 1.54. The van der Waals surface area contributed by atoms with E-state index in [1.807, 2.05) is 11.9 Å². The quantitative estimate of drug-likeness (QED) is 0.635. The van der Waals surface area contributed by atoms with Crippen LogP contribution >= 0.6 is 0 Å². The van der Waals surface area contributed by atoms with Gasteiger partial charge in [-0.05, 0) is 49.6 Å². The molecule has 1 aliphatic carbocycles. The van der Waals surface area contributed by atoms with Crippen molar-refractivity contribution in [1.29, 1.82) is 0 Å². The lowest BCUT2D eigenvalue weighted by Crippen LogP contribution is -2.64. The van der Waals surface area contributed by atoms with Crippen LogP contribution in [0.25, 0.3) is 0 Å². The van der Waals surface area contributed by atoms with Gasteiger partial charge in [0.25, 0.3) is 0 Å². The van der Waals surface area contributed by atoms with E-state index in [1.165, 1.54) is 0 Å². The van der Waals surface area contributed by atoms with Crippen molar-refractivity contribution >= 4 is 5.97 Å². The summed E-state index contributed by atoms with van der Waals surface area (Å²) in [5.74, 6) is -0.941. The van der Waals surface area contributed by atoms with Crippen LogP contribution in [0.2, 0.25) is 0 Å². The van der Waals surface area contributed by atoms with E-state index in [0.29, 0.717) is 18.4 Å². The summed E-state index contributed by atoms with van der Waals surface area (Å²) in [6.45, 7) is 6.04. The lowest BCUT2D eigenvalue weighted by molar-refractivity contribution is -0.174. The maximum atomic E-state index is 11.4. The molecule has 0 aromatic rings. The van der Waals surface area contributed by atoms with Gasteiger partial charge in [0.2, 0.25) is 0 Å². The average molecular weight is 294 g/mol. The van der Waals surface area contributed by atoms with Gasteiger partial charge in [-0.3, -0.25) is 4.90 Å². The number of aliphatic carboxylic acids is 1. The van der Waals surface area contributed by atoms with Gasteiger partial charge in [0, 0.05) is 24.1 Å². The van der Waals surface area contributed by atoms with Crippen molar-refractivity contribution in [3.63, 3.8) is 0 Å². The molecule has 2 heterocycles. The first-order valence-corrected chi connectivity index (χ1v) is 7.72. The Labute approximate surface area is 125 Å². The predicted molar refractivity (Wildman–Crippen MR) is 79.5 cm³/mol. The maximum absolute atomic E-state index is 11.4. The molecule has 5 atom stereocenters. The van der Waals surface area contributed by atoms with E-state index in [0.717, 1.165) is 12.8 Å². The third-order valence-electron chi connectivity index (χ3n) is 7.15. The van der Waals surface area contributed by atoms with Gasteiger partial charge in [0.15, 0.2) is 0 Å². The van der Waals surface area contributed by atoms with Crippen molar-refractivity contribution in [2.45, 2.75) is 64.3 Å². The molecule has 2 bridgehead atoms. The van der Waals surface area contributed by atoms with Crippen LogP contribution in [0, 0.1) is 10.8 Å². The van der Waals surface area contributed by atoms with Crippen LogP contribution in [-0.2, 0) is 4.79 Å². The molecule has 0 unspecified atom stereocenters. The van der Waals surface area contributed by atoms with E-state index in [2.05, 4.69) is 13.8 Å². The highest BCUT2D eigenvalue weighted by molar-refractivity contribution is 5.87. The lowest BCUT2D eigenvalue weighted by atomic mass is 9.58. The van der Waals surface area contributed by atoms with E-state index < -0.39 is 11.7 Å². The van der Waals surface area contributed by atoms with Crippen molar-refractivity contribution in [2.24, 2.45) is 16.6 Å². The molecule has 21 heavy (non-hydrogen) atoms. The minimum Gasteiger partial charge on any atom is -0.478 e. The van der Waals surface area contributed by atoms with Crippen LogP contribution in [0.15, 0.2) is 11.1 Å². The number of piperidine rings is 1. The number of carbonyl (C=O) groups is 1. The minimum absolute atomic E-state index is 0.0218. The summed E-state index contributed by atoms with van der Waals surface area (Å²) in [6, 6.07) is 0.216. The van der Waals surface area contributed by atoms with Crippen molar-refractivity contribution < 1.29 is 15.0 Å².